The van der Waals surface area contributed by atoms with E-state index in [1.165, 1.54) is 18.2 Å². The standard InChI is InChI=1S/C20H19F3N4O2/c21-20(22,23)17-5-2-15(3-6-17)14-25-8-1-9-26(11-10-25)18-7-4-16(13-24)12-19(18)27(28)29/h2-7,12H,1,8-11,14H2. The number of benzene rings is 2. The molecule has 0 aliphatic carbocycles. The van der Waals surface area contributed by atoms with Gasteiger partial charge in [-0.1, -0.05) is 12.1 Å². The molecular formula is C20H19F3N4O2. The number of hydrogen-bond donors (Lipinski definition) is 0. The van der Waals surface area contributed by atoms with Gasteiger partial charge >= 0.3 is 6.18 Å². The number of nitro groups is 1. The van der Waals surface area contributed by atoms with E-state index < -0.39 is 16.7 Å². The van der Waals surface area contributed by atoms with Crippen LogP contribution in [0.25, 0.3) is 0 Å². The Labute approximate surface area is 165 Å². The van der Waals surface area contributed by atoms with E-state index in [1.54, 1.807) is 12.1 Å². The van der Waals surface area contributed by atoms with E-state index in [0.29, 0.717) is 31.9 Å². The van der Waals surface area contributed by atoms with E-state index in [0.717, 1.165) is 30.7 Å². The van der Waals surface area contributed by atoms with Crippen molar-refractivity contribution >= 4 is 11.4 Å². The molecule has 0 aromatic heterocycles. The van der Waals surface area contributed by atoms with Crippen molar-refractivity contribution in [1.82, 2.24) is 4.90 Å². The first-order valence-corrected chi connectivity index (χ1v) is 9.10. The number of halogens is 3. The first-order chi connectivity index (χ1) is 13.8. The normalized spacial score (nSPS) is 15.6. The summed E-state index contributed by atoms with van der Waals surface area (Å²) in [4.78, 5) is 15.0. The molecule has 1 saturated heterocycles. The van der Waals surface area contributed by atoms with E-state index >= 15 is 0 Å². The maximum absolute atomic E-state index is 12.7. The van der Waals surface area contributed by atoms with Crippen LogP contribution in [0.2, 0.25) is 0 Å². The van der Waals surface area contributed by atoms with Crippen LogP contribution in [0.1, 0.15) is 23.1 Å². The van der Waals surface area contributed by atoms with Gasteiger partial charge in [-0.05, 0) is 36.2 Å². The van der Waals surface area contributed by atoms with Gasteiger partial charge in [-0.2, -0.15) is 18.4 Å². The van der Waals surface area contributed by atoms with E-state index in [1.807, 2.05) is 11.0 Å². The van der Waals surface area contributed by atoms with E-state index in [-0.39, 0.29) is 11.3 Å². The van der Waals surface area contributed by atoms with Crippen molar-refractivity contribution in [1.29, 1.82) is 5.26 Å². The summed E-state index contributed by atoms with van der Waals surface area (Å²) in [5.74, 6) is 0. The SMILES string of the molecule is N#Cc1ccc(N2CCCN(Cc3ccc(C(F)(F)F)cc3)CC2)c([N+](=O)[O-])c1. The maximum atomic E-state index is 12.7. The van der Waals surface area contributed by atoms with Gasteiger partial charge in [0.2, 0.25) is 0 Å². The number of nitro benzene ring substituents is 1. The lowest BCUT2D eigenvalue weighted by Gasteiger charge is -2.23. The number of nitriles is 1. The van der Waals surface area contributed by atoms with Crippen LogP contribution in [0.3, 0.4) is 0 Å². The molecule has 0 spiro atoms. The average molecular weight is 404 g/mol. The molecule has 9 heteroatoms. The molecule has 1 heterocycles. The molecule has 2 aromatic rings. The Morgan fingerprint density at radius 2 is 1.79 bits per heavy atom. The highest BCUT2D eigenvalue weighted by molar-refractivity contribution is 5.65. The molecule has 2 aromatic carbocycles. The second kappa shape index (κ2) is 8.49. The van der Waals surface area contributed by atoms with Gasteiger partial charge in [0.15, 0.2) is 0 Å². The van der Waals surface area contributed by atoms with Crippen molar-refractivity contribution in [3.63, 3.8) is 0 Å². The minimum atomic E-state index is -4.35. The van der Waals surface area contributed by atoms with Gasteiger partial charge in [-0.15, -0.1) is 0 Å². The lowest BCUT2D eigenvalue weighted by Crippen LogP contribution is -2.30. The Balaban J connectivity index is 1.68. The van der Waals surface area contributed by atoms with Crippen molar-refractivity contribution in [2.75, 3.05) is 31.1 Å². The van der Waals surface area contributed by atoms with Crippen LogP contribution in [-0.2, 0) is 12.7 Å². The number of hydrogen-bond acceptors (Lipinski definition) is 5. The molecule has 1 fully saturated rings. The molecule has 3 rings (SSSR count). The summed E-state index contributed by atoms with van der Waals surface area (Å²) in [6.45, 7) is 3.05. The van der Waals surface area contributed by atoms with Crippen LogP contribution in [0.5, 0.6) is 0 Å². The van der Waals surface area contributed by atoms with E-state index in [2.05, 4.69) is 4.90 Å². The molecule has 0 saturated carbocycles. The molecule has 1 aliphatic heterocycles. The third kappa shape index (κ3) is 5.03. The molecule has 152 valence electrons. The average Bonchev–Trinajstić information content (AvgIpc) is 2.92. The smallest absolute Gasteiger partial charge is 0.365 e. The lowest BCUT2D eigenvalue weighted by atomic mass is 10.1. The monoisotopic (exact) mass is 404 g/mol. The predicted octanol–water partition coefficient (Wildman–Crippen LogP) is 4.20. The summed E-state index contributed by atoms with van der Waals surface area (Å²) in [5.41, 5.74) is 0.733. The van der Waals surface area contributed by atoms with Crippen molar-refractivity contribution in [2.24, 2.45) is 0 Å². The van der Waals surface area contributed by atoms with Crippen LogP contribution in [-0.4, -0.2) is 36.0 Å². The number of alkyl halides is 3. The molecule has 6 nitrogen and oxygen atoms in total. The quantitative estimate of drug-likeness (QED) is 0.564. The van der Waals surface area contributed by atoms with Crippen LogP contribution >= 0.6 is 0 Å². The fourth-order valence-corrected chi connectivity index (χ4v) is 3.43. The van der Waals surface area contributed by atoms with E-state index in [9.17, 15) is 23.3 Å². The Morgan fingerprint density at radius 1 is 1.07 bits per heavy atom. The van der Waals surface area contributed by atoms with Crippen molar-refractivity contribution in [2.45, 2.75) is 19.1 Å². The Morgan fingerprint density at radius 3 is 2.41 bits per heavy atom. The zero-order valence-corrected chi connectivity index (χ0v) is 15.5. The molecule has 0 bridgehead atoms. The van der Waals surface area contributed by atoms with Gasteiger partial charge in [0.05, 0.1) is 22.1 Å². The highest BCUT2D eigenvalue weighted by Gasteiger charge is 2.30. The van der Waals surface area contributed by atoms with Crippen LogP contribution in [0, 0.1) is 21.4 Å². The summed E-state index contributed by atoms with van der Waals surface area (Å²) in [6, 6.07) is 11.5. The lowest BCUT2D eigenvalue weighted by molar-refractivity contribution is -0.384. The zero-order chi connectivity index (χ0) is 21.0. The fourth-order valence-electron chi connectivity index (χ4n) is 3.43. The number of rotatable bonds is 4. The van der Waals surface area contributed by atoms with Crippen LogP contribution < -0.4 is 4.90 Å². The molecule has 0 amide bonds. The minimum absolute atomic E-state index is 0.0970. The minimum Gasteiger partial charge on any atom is -0.365 e. The summed E-state index contributed by atoms with van der Waals surface area (Å²) >= 11 is 0. The summed E-state index contributed by atoms with van der Waals surface area (Å²) in [6.07, 6.45) is -3.59. The molecule has 0 atom stereocenters. The maximum Gasteiger partial charge on any atom is 0.416 e. The first kappa shape index (κ1) is 20.6. The largest absolute Gasteiger partial charge is 0.416 e. The van der Waals surface area contributed by atoms with Gasteiger partial charge in [0, 0.05) is 38.8 Å². The van der Waals surface area contributed by atoms with Gasteiger partial charge in [-0.3, -0.25) is 15.0 Å². The number of nitrogens with zero attached hydrogens (tertiary/aromatic N) is 4. The van der Waals surface area contributed by atoms with Gasteiger partial charge in [0.25, 0.3) is 5.69 Å². The highest BCUT2D eigenvalue weighted by atomic mass is 19.4. The molecule has 0 radical (unpaired) electrons. The number of anilines is 1. The first-order valence-electron chi connectivity index (χ1n) is 9.10. The molecule has 0 N–H and O–H groups in total. The van der Waals surface area contributed by atoms with Crippen molar-refractivity contribution in [3.8, 4) is 6.07 Å². The Kier molecular flexibility index (Phi) is 6.03. The molecular weight excluding hydrogens is 385 g/mol. The van der Waals surface area contributed by atoms with Crippen molar-refractivity contribution < 1.29 is 18.1 Å². The topological polar surface area (TPSA) is 73.4 Å². The van der Waals surface area contributed by atoms with Crippen LogP contribution in [0.4, 0.5) is 24.5 Å². The molecule has 1 aliphatic rings. The van der Waals surface area contributed by atoms with E-state index in [4.69, 9.17) is 5.26 Å². The summed E-state index contributed by atoms with van der Waals surface area (Å²) in [5, 5.41) is 20.4. The van der Waals surface area contributed by atoms with Gasteiger partial charge in [0.1, 0.15) is 5.69 Å². The zero-order valence-electron chi connectivity index (χ0n) is 15.5. The third-order valence-electron chi connectivity index (χ3n) is 4.92. The van der Waals surface area contributed by atoms with Gasteiger partial charge < -0.3 is 4.90 Å². The predicted molar refractivity (Wildman–Crippen MR) is 101 cm³/mol. The highest BCUT2D eigenvalue weighted by Crippen LogP contribution is 2.31. The Hall–Kier alpha value is -3.12. The van der Waals surface area contributed by atoms with Gasteiger partial charge in [-0.25, -0.2) is 0 Å². The second-order valence-electron chi connectivity index (χ2n) is 6.88. The second-order valence-corrected chi connectivity index (χ2v) is 6.88. The third-order valence-corrected chi connectivity index (χ3v) is 4.92. The fraction of sp³-hybridized carbons (Fsp3) is 0.350. The van der Waals surface area contributed by atoms with Crippen LogP contribution in [0.15, 0.2) is 42.5 Å². The molecule has 29 heavy (non-hydrogen) atoms. The Bertz CT molecular complexity index is 923. The summed E-state index contributed by atoms with van der Waals surface area (Å²) in [7, 11) is 0. The summed E-state index contributed by atoms with van der Waals surface area (Å²) < 4.78 is 38.1. The van der Waals surface area contributed by atoms with Crippen molar-refractivity contribution in [3.05, 3.63) is 69.3 Å². The molecule has 0 unspecified atom stereocenters.